The van der Waals surface area contributed by atoms with Crippen molar-refractivity contribution in [2.24, 2.45) is 0 Å². The van der Waals surface area contributed by atoms with E-state index in [1.165, 1.54) is 5.56 Å². The van der Waals surface area contributed by atoms with Gasteiger partial charge in [-0.2, -0.15) is 11.3 Å². The topological polar surface area (TPSA) is 50.1 Å². The number of hydrogen-bond donors (Lipinski definition) is 0. The second kappa shape index (κ2) is 10.0. The van der Waals surface area contributed by atoms with Crippen molar-refractivity contribution in [2.45, 2.75) is 13.2 Å². The molecule has 1 aliphatic heterocycles. The van der Waals surface area contributed by atoms with Crippen LogP contribution in [0.3, 0.4) is 0 Å². The van der Waals surface area contributed by atoms with Crippen LogP contribution in [0.1, 0.15) is 16.8 Å². The number of ether oxygens (including phenoxy) is 1. The summed E-state index contributed by atoms with van der Waals surface area (Å²) in [5, 5.41) is 4.30. The molecule has 168 valence electrons. The van der Waals surface area contributed by atoms with E-state index >= 15 is 0 Å². The molecule has 0 N–H and O–H groups in total. The highest BCUT2D eigenvalue weighted by atomic mass is 32.1. The molecule has 0 bridgehead atoms. The molecule has 6 nitrogen and oxygen atoms in total. The lowest BCUT2D eigenvalue weighted by Gasteiger charge is -2.34. The highest BCUT2D eigenvalue weighted by molar-refractivity contribution is 7.07. The first-order valence-corrected chi connectivity index (χ1v) is 12.0. The molecule has 0 spiro atoms. The maximum atomic E-state index is 12.6. The Morgan fingerprint density at radius 1 is 1.06 bits per heavy atom. The molecule has 1 amide bonds. The maximum Gasteiger partial charge on any atom is 0.246 e. The van der Waals surface area contributed by atoms with Crippen LogP contribution in [0.15, 0.2) is 77.8 Å². The SMILES string of the molecule is O=C(C=Cc1ccc(OCc2cn3ccccc3n2)cc1)N1CCN(Cc2ccsc2)CC1. The maximum absolute atomic E-state index is 12.6. The van der Waals surface area contributed by atoms with Crippen LogP contribution in [0.5, 0.6) is 5.75 Å². The molecule has 0 unspecified atom stereocenters. The highest BCUT2D eigenvalue weighted by Crippen LogP contribution is 2.16. The number of benzene rings is 1. The third kappa shape index (κ3) is 5.50. The molecule has 0 atom stereocenters. The smallest absolute Gasteiger partial charge is 0.246 e. The largest absolute Gasteiger partial charge is 0.487 e. The number of carbonyl (C=O) groups is 1. The average molecular weight is 459 g/mol. The zero-order valence-electron chi connectivity index (χ0n) is 18.3. The predicted molar refractivity (Wildman–Crippen MR) is 131 cm³/mol. The average Bonchev–Trinajstić information content (AvgIpc) is 3.52. The number of imidazole rings is 1. The minimum atomic E-state index is 0.0670. The number of hydrogen-bond acceptors (Lipinski definition) is 5. The van der Waals surface area contributed by atoms with E-state index < -0.39 is 0 Å². The molecular weight excluding hydrogens is 432 g/mol. The summed E-state index contributed by atoms with van der Waals surface area (Å²) < 4.78 is 7.85. The molecular formula is C26H26N4O2S. The standard InChI is InChI=1S/C26H26N4O2S/c31-26(29-14-12-28(13-15-29)17-22-10-16-33-20-22)9-6-21-4-7-24(8-5-21)32-19-23-18-30-11-2-1-3-25(30)27-23/h1-11,16,18,20H,12-15,17,19H2. The Balaban J connectivity index is 1.09. The second-order valence-corrected chi connectivity index (χ2v) is 8.90. The lowest BCUT2D eigenvalue weighted by atomic mass is 10.2. The molecule has 7 heteroatoms. The normalized spacial score (nSPS) is 14.8. The third-order valence-electron chi connectivity index (χ3n) is 5.77. The van der Waals surface area contributed by atoms with E-state index in [0.717, 1.165) is 55.4 Å². The van der Waals surface area contributed by atoms with Gasteiger partial charge in [0.25, 0.3) is 0 Å². The summed E-state index contributed by atoms with van der Waals surface area (Å²) >= 11 is 1.73. The molecule has 1 fully saturated rings. The van der Waals surface area contributed by atoms with Crippen LogP contribution in [0, 0.1) is 0 Å². The van der Waals surface area contributed by atoms with Crippen molar-refractivity contribution < 1.29 is 9.53 Å². The number of aromatic nitrogens is 2. The van der Waals surface area contributed by atoms with Crippen LogP contribution < -0.4 is 4.74 Å². The minimum Gasteiger partial charge on any atom is -0.487 e. The molecule has 4 aromatic rings. The van der Waals surface area contributed by atoms with Crippen molar-refractivity contribution >= 4 is 29.0 Å². The first-order chi connectivity index (χ1) is 16.2. The number of fused-ring (bicyclic) bond motifs is 1. The van der Waals surface area contributed by atoms with Crippen molar-refractivity contribution in [1.82, 2.24) is 19.2 Å². The van der Waals surface area contributed by atoms with E-state index in [1.54, 1.807) is 17.4 Å². The summed E-state index contributed by atoms with van der Waals surface area (Å²) in [6.07, 6.45) is 7.48. The first kappa shape index (κ1) is 21.4. The number of amides is 1. The lowest BCUT2D eigenvalue weighted by Crippen LogP contribution is -2.47. The van der Waals surface area contributed by atoms with E-state index in [-0.39, 0.29) is 5.91 Å². The van der Waals surface area contributed by atoms with Crippen molar-refractivity contribution in [3.05, 3.63) is 94.6 Å². The number of carbonyl (C=O) groups excluding carboxylic acids is 1. The van der Waals surface area contributed by atoms with Crippen LogP contribution in [0.4, 0.5) is 0 Å². The van der Waals surface area contributed by atoms with E-state index in [0.29, 0.717) is 6.61 Å². The number of pyridine rings is 1. The Bertz CT molecular complexity index is 1190. The van der Waals surface area contributed by atoms with Gasteiger partial charge in [0.05, 0.1) is 5.69 Å². The van der Waals surface area contributed by atoms with Crippen LogP contribution >= 0.6 is 11.3 Å². The Kier molecular flexibility index (Phi) is 6.51. The lowest BCUT2D eigenvalue weighted by molar-refractivity contribution is -0.127. The second-order valence-electron chi connectivity index (χ2n) is 8.12. The van der Waals surface area contributed by atoms with Gasteiger partial charge in [0.2, 0.25) is 5.91 Å². The van der Waals surface area contributed by atoms with Crippen LogP contribution in [-0.4, -0.2) is 51.3 Å². The van der Waals surface area contributed by atoms with Gasteiger partial charge in [0.1, 0.15) is 18.0 Å². The Hall–Kier alpha value is -3.42. The van der Waals surface area contributed by atoms with E-state index in [9.17, 15) is 4.79 Å². The molecule has 0 radical (unpaired) electrons. The van der Waals surface area contributed by atoms with Crippen molar-refractivity contribution in [3.8, 4) is 5.75 Å². The van der Waals surface area contributed by atoms with Gasteiger partial charge in [-0.3, -0.25) is 9.69 Å². The molecule has 0 aliphatic carbocycles. The fourth-order valence-electron chi connectivity index (χ4n) is 3.93. The van der Waals surface area contributed by atoms with E-state index in [1.807, 2.05) is 70.2 Å². The van der Waals surface area contributed by atoms with Gasteiger partial charge in [0.15, 0.2) is 0 Å². The highest BCUT2D eigenvalue weighted by Gasteiger charge is 2.19. The molecule has 33 heavy (non-hydrogen) atoms. The van der Waals surface area contributed by atoms with Gasteiger partial charge in [0, 0.05) is 51.2 Å². The van der Waals surface area contributed by atoms with Crippen molar-refractivity contribution in [2.75, 3.05) is 26.2 Å². The molecule has 4 heterocycles. The summed E-state index contributed by atoms with van der Waals surface area (Å²) in [7, 11) is 0. The van der Waals surface area contributed by atoms with E-state index in [4.69, 9.17) is 4.74 Å². The van der Waals surface area contributed by atoms with Gasteiger partial charge in [-0.05, 0) is 58.3 Å². The third-order valence-corrected chi connectivity index (χ3v) is 6.50. The molecule has 1 saturated heterocycles. The Morgan fingerprint density at radius 2 is 1.91 bits per heavy atom. The monoisotopic (exact) mass is 458 g/mol. The summed E-state index contributed by atoms with van der Waals surface area (Å²) in [4.78, 5) is 21.5. The van der Waals surface area contributed by atoms with Crippen LogP contribution in [0.25, 0.3) is 11.7 Å². The Morgan fingerprint density at radius 3 is 2.67 bits per heavy atom. The zero-order valence-corrected chi connectivity index (χ0v) is 19.2. The minimum absolute atomic E-state index is 0.0670. The molecule has 1 aliphatic rings. The molecule has 1 aromatic carbocycles. The van der Waals surface area contributed by atoms with Gasteiger partial charge < -0.3 is 14.0 Å². The first-order valence-electron chi connectivity index (χ1n) is 11.1. The van der Waals surface area contributed by atoms with Gasteiger partial charge in [-0.25, -0.2) is 4.98 Å². The number of rotatable bonds is 7. The predicted octanol–water partition coefficient (Wildman–Crippen LogP) is 4.33. The van der Waals surface area contributed by atoms with Crippen LogP contribution in [0.2, 0.25) is 0 Å². The number of thiophene rings is 1. The fourth-order valence-corrected chi connectivity index (χ4v) is 4.59. The van der Waals surface area contributed by atoms with Crippen molar-refractivity contribution in [1.29, 1.82) is 0 Å². The zero-order chi connectivity index (χ0) is 22.5. The number of nitrogens with zero attached hydrogens (tertiary/aromatic N) is 4. The Labute approximate surface area is 197 Å². The quantitative estimate of drug-likeness (QED) is 0.387. The summed E-state index contributed by atoms with van der Waals surface area (Å²) in [5.74, 6) is 0.842. The molecule has 5 rings (SSSR count). The van der Waals surface area contributed by atoms with Gasteiger partial charge in [-0.15, -0.1) is 0 Å². The van der Waals surface area contributed by atoms with E-state index in [2.05, 4.69) is 26.7 Å². The molecule has 3 aromatic heterocycles. The summed E-state index contributed by atoms with van der Waals surface area (Å²) in [6.45, 7) is 4.73. The van der Waals surface area contributed by atoms with Crippen molar-refractivity contribution in [3.63, 3.8) is 0 Å². The fraction of sp³-hybridized carbons (Fsp3) is 0.231. The summed E-state index contributed by atoms with van der Waals surface area (Å²) in [6, 6.07) is 15.8. The van der Waals surface area contributed by atoms with Gasteiger partial charge in [-0.1, -0.05) is 18.2 Å². The van der Waals surface area contributed by atoms with Gasteiger partial charge >= 0.3 is 0 Å². The van der Waals surface area contributed by atoms with Crippen LogP contribution in [-0.2, 0) is 17.9 Å². The molecule has 0 saturated carbocycles. The summed E-state index contributed by atoms with van der Waals surface area (Å²) in [5.41, 5.74) is 4.11. The number of piperazine rings is 1.